The minimum Gasteiger partial charge on any atom is -0.235 e. The molecule has 1 aromatic carbocycles. The Bertz CT molecular complexity index is 2930. The van der Waals surface area contributed by atoms with Crippen LogP contribution in [0.2, 0.25) is 0 Å². The zero-order valence-electron chi connectivity index (χ0n) is 58.4. The van der Waals surface area contributed by atoms with E-state index in [2.05, 4.69) is 144 Å². The molecule has 1 atom stereocenters. The highest BCUT2D eigenvalue weighted by molar-refractivity contribution is 7.29. The van der Waals surface area contributed by atoms with Gasteiger partial charge in [0.25, 0.3) is 0 Å². The van der Waals surface area contributed by atoms with Crippen molar-refractivity contribution in [1.82, 2.24) is 9.97 Å². The number of benzene rings is 1. The second-order valence-electron chi connectivity index (χ2n) is 28.0. The number of unbranched alkanes of at least 4 members (excludes halogenated alkanes) is 36. The van der Waals surface area contributed by atoms with Crippen LogP contribution in [0.25, 0.3) is 59.7 Å². The van der Waals surface area contributed by atoms with Gasteiger partial charge >= 0.3 is 0 Å². The average Bonchev–Trinajstić information content (AvgIpc) is 2.03. The van der Waals surface area contributed by atoms with Gasteiger partial charge in [-0.3, -0.25) is 0 Å². The number of nitrogens with zero attached hydrogens (tertiary/aromatic N) is 2. The molecule has 0 bridgehead atoms. The van der Waals surface area contributed by atoms with Crippen LogP contribution in [0.3, 0.4) is 0 Å². The maximum atomic E-state index is 5.63. The van der Waals surface area contributed by atoms with Crippen LogP contribution in [0, 0.1) is 0 Å². The minimum absolute atomic E-state index is 0.179. The highest BCUT2D eigenvalue weighted by atomic mass is 32.1. The van der Waals surface area contributed by atoms with Crippen molar-refractivity contribution >= 4 is 88.5 Å². The van der Waals surface area contributed by atoms with Crippen LogP contribution < -0.4 is 0 Å². The van der Waals surface area contributed by atoms with Gasteiger partial charge in [0.1, 0.15) is 10.0 Å². The zero-order valence-corrected chi connectivity index (χ0v) is 63.3. The third-order valence-electron chi connectivity index (χ3n) is 19.8. The topological polar surface area (TPSA) is 25.8 Å². The smallest absolute Gasteiger partial charge is 0.134 e. The summed E-state index contributed by atoms with van der Waals surface area (Å²) in [6, 6.07) is 15.3. The van der Waals surface area contributed by atoms with Crippen LogP contribution in [-0.2, 0) is 31.1 Å². The van der Waals surface area contributed by atoms with Gasteiger partial charge in [0.2, 0.25) is 0 Å². The van der Waals surface area contributed by atoms with Crippen molar-refractivity contribution in [2.24, 2.45) is 0 Å². The van der Waals surface area contributed by atoms with E-state index in [1.807, 2.05) is 22.7 Å². The Hall–Kier alpha value is -2.20. The van der Waals surface area contributed by atoms with Gasteiger partial charge in [-0.25, -0.2) is 9.97 Å². The summed E-state index contributed by atoms with van der Waals surface area (Å²) in [6.45, 7) is 21.4. The molecule has 0 radical (unpaired) electrons. The largest absolute Gasteiger partial charge is 0.235 e. The first kappa shape index (κ1) is 74.2. The van der Waals surface area contributed by atoms with E-state index < -0.39 is 0 Å². The fourth-order valence-electron chi connectivity index (χ4n) is 13.2. The number of thiophene rings is 4. The van der Waals surface area contributed by atoms with Crippen molar-refractivity contribution in [3.05, 3.63) is 68.4 Å². The van der Waals surface area contributed by atoms with Crippen molar-refractivity contribution in [2.75, 3.05) is 0 Å². The molecule has 0 saturated carbocycles. The van der Waals surface area contributed by atoms with Gasteiger partial charge in [-0.05, 0) is 134 Å². The predicted octanol–water partition coefficient (Wildman–Crippen LogP) is 30.9. The molecule has 0 saturated heterocycles. The molecule has 0 N–H and O–H groups in total. The summed E-state index contributed by atoms with van der Waals surface area (Å²) in [7, 11) is 0. The van der Waals surface area contributed by atoms with Crippen molar-refractivity contribution in [1.29, 1.82) is 0 Å². The van der Waals surface area contributed by atoms with Crippen LogP contribution in [0.15, 0.2) is 36.4 Å². The van der Waals surface area contributed by atoms with E-state index in [1.165, 1.54) is 326 Å². The van der Waals surface area contributed by atoms with Crippen LogP contribution in [0.4, 0.5) is 0 Å². The van der Waals surface area contributed by atoms with Gasteiger partial charge in [-0.15, -0.1) is 68.0 Å². The molecule has 6 aromatic heterocycles. The normalized spacial score (nSPS) is 12.6. The SMILES string of the molecule is CCCCCCCCCCCCc1cc(C(C)CC)sc1-c1cc(CCCCCCCCCCCC)c(-c2nc3cc4sc(-c5sc(-c6sc(C(C)(C)CC)cc6CCCCCCCCCCCC)cc5CCCCCCCCCCCC)nc4cc3s2)s1. The van der Waals surface area contributed by atoms with E-state index in [1.54, 1.807) is 30.6 Å². The number of rotatable bonds is 52. The first-order valence-corrected chi connectivity index (χ1v) is 42.7. The van der Waals surface area contributed by atoms with Crippen molar-refractivity contribution in [2.45, 2.75) is 369 Å². The molecule has 7 aromatic rings. The first-order valence-electron chi connectivity index (χ1n) is 37.8. The highest BCUT2D eigenvalue weighted by Crippen LogP contribution is 2.50. The summed E-state index contributed by atoms with van der Waals surface area (Å²) in [5.74, 6) is 0.598. The molecule has 496 valence electrons. The molecule has 0 aliphatic rings. The van der Waals surface area contributed by atoms with Gasteiger partial charge in [0, 0.05) is 29.3 Å². The molecule has 7 rings (SSSR count). The second kappa shape index (κ2) is 42.3. The number of hydrogen-bond donors (Lipinski definition) is 0. The fraction of sp³-hybridized carbons (Fsp3) is 0.704. The molecule has 0 aliphatic carbocycles. The average molecular weight is 1320 g/mol. The molecule has 1 unspecified atom stereocenters. The fourth-order valence-corrected chi connectivity index (χ4v) is 20.8. The lowest BCUT2D eigenvalue weighted by Crippen LogP contribution is -2.13. The van der Waals surface area contributed by atoms with Crippen molar-refractivity contribution in [3.8, 4) is 39.3 Å². The third kappa shape index (κ3) is 24.5. The Kier molecular flexibility index (Phi) is 35.2. The molecule has 6 heterocycles. The maximum absolute atomic E-state index is 5.63. The van der Waals surface area contributed by atoms with E-state index in [0.29, 0.717) is 5.92 Å². The summed E-state index contributed by atoms with van der Waals surface area (Å²) in [5.41, 5.74) is 8.71. The standard InChI is InChI=1S/C81H126N2S6/c1-10-16-20-24-28-32-36-40-44-48-52-63-56-69(62(7)14-5)84-75(63)72-57-64(53-49-45-41-37-33-29-25-21-17-11-2)77(85-72)79-82-67-60-71-68(61-70(67)87-79)83-80(88-71)78-65(54-50-46-42-38-34-30-26-22-18-12-3)58-73(86-78)76-66(59-74(89-76)81(8,9)15-6)55-51-47-43-39-35-31-27-23-19-13-4/h56-62H,10-55H2,1-9H3. The quantitative estimate of drug-likeness (QED) is 0.0355. The van der Waals surface area contributed by atoms with Crippen molar-refractivity contribution in [3.63, 3.8) is 0 Å². The highest BCUT2D eigenvalue weighted by Gasteiger charge is 2.27. The summed E-state index contributed by atoms with van der Waals surface area (Å²) in [4.78, 5) is 23.3. The van der Waals surface area contributed by atoms with E-state index in [-0.39, 0.29) is 5.41 Å². The zero-order chi connectivity index (χ0) is 62.9. The molecule has 0 aliphatic heterocycles. The molecular formula is C81H126N2S6. The van der Waals surface area contributed by atoms with Gasteiger partial charge in [-0.1, -0.05) is 293 Å². The lowest BCUT2D eigenvalue weighted by atomic mass is 9.88. The number of hydrogen-bond acceptors (Lipinski definition) is 8. The van der Waals surface area contributed by atoms with Crippen LogP contribution in [0.1, 0.15) is 370 Å². The summed E-state index contributed by atoms with van der Waals surface area (Å²) < 4.78 is 2.55. The summed E-state index contributed by atoms with van der Waals surface area (Å²) in [6.07, 6.45) is 62.1. The monoisotopic (exact) mass is 1320 g/mol. The molecule has 0 spiro atoms. The van der Waals surface area contributed by atoms with Gasteiger partial charge in [0.05, 0.1) is 30.2 Å². The number of fused-ring (bicyclic) bond motifs is 2. The van der Waals surface area contributed by atoms with Crippen LogP contribution >= 0.6 is 68.0 Å². The third-order valence-corrected chi connectivity index (χ3v) is 27.8. The number of aromatic nitrogens is 2. The lowest BCUT2D eigenvalue weighted by molar-refractivity contribution is 0.516. The first-order chi connectivity index (χ1) is 43.6. The minimum atomic E-state index is 0.179. The molecule has 0 fully saturated rings. The van der Waals surface area contributed by atoms with E-state index >= 15 is 0 Å². The van der Waals surface area contributed by atoms with E-state index in [0.717, 1.165) is 30.3 Å². The lowest BCUT2D eigenvalue weighted by Gasteiger charge is -2.20. The number of aryl methyl sites for hydroxylation is 4. The molecular weight excluding hydrogens is 1190 g/mol. The van der Waals surface area contributed by atoms with Gasteiger partial charge < -0.3 is 0 Å². The molecule has 8 heteroatoms. The number of thiazole rings is 2. The van der Waals surface area contributed by atoms with Gasteiger partial charge in [-0.2, -0.15) is 0 Å². The Morgan fingerprint density at radius 3 is 0.955 bits per heavy atom. The summed E-state index contributed by atoms with van der Waals surface area (Å²) in [5, 5.41) is 2.42. The van der Waals surface area contributed by atoms with Crippen LogP contribution in [0.5, 0.6) is 0 Å². The van der Waals surface area contributed by atoms with Crippen LogP contribution in [-0.4, -0.2) is 9.97 Å². The Morgan fingerprint density at radius 2 is 0.629 bits per heavy atom. The van der Waals surface area contributed by atoms with Crippen molar-refractivity contribution < 1.29 is 0 Å². The van der Waals surface area contributed by atoms with E-state index in [9.17, 15) is 0 Å². The Labute approximate surface area is 570 Å². The summed E-state index contributed by atoms with van der Waals surface area (Å²) >= 11 is 12.2. The van der Waals surface area contributed by atoms with Gasteiger partial charge in [0.15, 0.2) is 0 Å². The molecule has 0 amide bonds. The second-order valence-corrected chi connectivity index (χ2v) is 34.3. The Morgan fingerprint density at radius 1 is 0.326 bits per heavy atom. The molecule has 2 nitrogen and oxygen atoms in total. The van der Waals surface area contributed by atoms with E-state index in [4.69, 9.17) is 9.97 Å². The maximum Gasteiger partial charge on any atom is 0.134 e. The Balaban J connectivity index is 1.14. The molecule has 89 heavy (non-hydrogen) atoms. The predicted molar refractivity (Wildman–Crippen MR) is 410 cm³/mol.